The zero-order chi connectivity index (χ0) is 28.6. The highest BCUT2D eigenvalue weighted by molar-refractivity contribution is 7.92. The molecule has 15 heteroatoms. The number of rotatable bonds is 6. The van der Waals surface area contributed by atoms with Gasteiger partial charge >= 0.3 is 18.0 Å². The summed E-state index contributed by atoms with van der Waals surface area (Å²) in [5.74, 6) is -0.414. The highest BCUT2D eigenvalue weighted by Gasteiger charge is 2.37. The van der Waals surface area contributed by atoms with Crippen molar-refractivity contribution in [3.05, 3.63) is 64.4 Å². The number of anilines is 2. The Morgan fingerprint density at radius 1 is 1.21 bits per heavy atom. The molecule has 0 saturated heterocycles. The minimum absolute atomic E-state index is 0.00654. The molecule has 2 heterocycles. The lowest BCUT2D eigenvalue weighted by Crippen LogP contribution is -2.43. The van der Waals surface area contributed by atoms with Crippen LogP contribution < -0.4 is 20.1 Å². The molecule has 0 unspecified atom stereocenters. The number of aromatic amines is 1. The van der Waals surface area contributed by atoms with Crippen molar-refractivity contribution in [2.45, 2.75) is 56.4 Å². The average molecular weight is 571 g/mol. The summed E-state index contributed by atoms with van der Waals surface area (Å²) in [6.45, 7) is 4.74. The fraction of sp³-hybridized carbons (Fsp3) is 0.375. The second kappa shape index (κ2) is 10.3. The maximum Gasteiger partial charge on any atom is 0.438 e. The molecule has 0 saturated carbocycles. The molecule has 39 heavy (non-hydrogen) atoms. The van der Waals surface area contributed by atoms with Gasteiger partial charge in [-0.1, -0.05) is 11.2 Å². The number of benzene rings is 2. The van der Waals surface area contributed by atoms with E-state index in [0.29, 0.717) is 6.07 Å². The van der Waals surface area contributed by atoms with Crippen molar-refractivity contribution in [3.63, 3.8) is 0 Å². The molecule has 0 spiro atoms. The molecule has 2 aromatic carbocycles. The Labute approximate surface area is 220 Å². The van der Waals surface area contributed by atoms with E-state index in [1.54, 1.807) is 20.8 Å². The van der Waals surface area contributed by atoms with Crippen LogP contribution >= 0.6 is 0 Å². The van der Waals surface area contributed by atoms with Crippen molar-refractivity contribution < 1.29 is 40.4 Å². The summed E-state index contributed by atoms with van der Waals surface area (Å²) in [6, 6.07) is 7.64. The first-order valence-electron chi connectivity index (χ1n) is 11.7. The fourth-order valence-corrected chi connectivity index (χ4v) is 5.36. The molecule has 1 atom stereocenters. The molecule has 4 rings (SSSR count). The number of nitrogens with one attached hydrogen (secondary N) is 2. The van der Waals surface area contributed by atoms with Gasteiger partial charge in [0.05, 0.1) is 22.7 Å². The largest absolute Gasteiger partial charge is 0.486 e. The molecule has 2 N–H and O–H groups in total. The molecular weight excluding hydrogens is 545 g/mol. The first-order chi connectivity index (χ1) is 18.1. The highest BCUT2D eigenvalue weighted by Crippen LogP contribution is 2.40. The number of aryl methyl sites for hydroxylation is 1. The number of fused-ring (bicyclic) bond motifs is 1. The van der Waals surface area contributed by atoms with Crippen molar-refractivity contribution in [2.24, 2.45) is 0 Å². The molecule has 0 aliphatic carbocycles. The summed E-state index contributed by atoms with van der Waals surface area (Å²) in [4.78, 5) is 25.3. The van der Waals surface area contributed by atoms with E-state index in [9.17, 15) is 31.2 Å². The first kappa shape index (κ1) is 28.0. The number of nitrogens with zero attached hydrogens (tertiary/aromatic N) is 2. The van der Waals surface area contributed by atoms with Crippen molar-refractivity contribution in [2.75, 3.05) is 16.2 Å². The Balaban J connectivity index is 1.69. The monoisotopic (exact) mass is 570 g/mol. The average Bonchev–Trinajstić information content (AvgIpc) is 3.25. The third kappa shape index (κ3) is 6.71. The Morgan fingerprint density at radius 2 is 1.95 bits per heavy atom. The van der Waals surface area contributed by atoms with Gasteiger partial charge in [-0.3, -0.25) is 19.1 Å². The summed E-state index contributed by atoms with van der Waals surface area (Å²) >= 11 is 0. The molecule has 0 fully saturated rings. The normalized spacial score (nSPS) is 15.8. The van der Waals surface area contributed by atoms with Crippen molar-refractivity contribution >= 4 is 27.5 Å². The van der Waals surface area contributed by atoms with Crippen LogP contribution in [0.25, 0.3) is 0 Å². The van der Waals surface area contributed by atoms with Gasteiger partial charge in [-0.25, -0.2) is 18.0 Å². The number of aromatic nitrogens is 2. The van der Waals surface area contributed by atoms with E-state index in [1.807, 2.05) is 0 Å². The number of carbonyl (C=O) groups is 1. The number of hydrogen-bond donors (Lipinski definition) is 2. The van der Waals surface area contributed by atoms with Crippen molar-refractivity contribution in [3.8, 4) is 5.75 Å². The summed E-state index contributed by atoms with van der Waals surface area (Å²) < 4.78 is 84.0. The zero-order valence-electron chi connectivity index (χ0n) is 21.0. The number of halogens is 3. The molecule has 210 valence electrons. The van der Waals surface area contributed by atoms with Crippen molar-refractivity contribution in [1.29, 1.82) is 0 Å². The molecule has 3 aromatic rings. The Hall–Kier alpha value is -4.01. The molecule has 0 radical (unpaired) electrons. The van der Waals surface area contributed by atoms with Gasteiger partial charge < -0.3 is 9.47 Å². The van der Waals surface area contributed by atoms with E-state index in [0.717, 1.165) is 22.5 Å². The number of H-pyrrole nitrogens is 1. The molecular formula is C24H25F3N4O7S. The minimum atomic E-state index is -4.75. The van der Waals surface area contributed by atoms with Gasteiger partial charge in [0, 0.05) is 12.1 Å². The molecule has 0 bridgehead atoms. The predicted molar refractivity (Wildman–Crippen MR) is 132 cm³/mol. The van der Waals surface area contributed by atoms with Gasteiger partial charge in [0.1, 0.15) is 17.5 Å². The third-order valence-electron chi connectivity index (χ3n) is 5.47. The zero-order valence-corrected chi connectivity index (χ0v) is 21.9. The van der Waals surface area contributed by atoms with E-state index in [4.69, 9.17) is 9.47 Å². The Morgan fingerprint density at radius 3 is 2.59 bits per heavy atom. The van der Waals surface area contributed by atoms with Gasteiger partial charge in [0.25, 0.3) is 10.0 Å². The standard InChI is InChI=1S/C24H25F3N4O7S/c1-23(2,3)37-21(32)28-15-7-9-19-18(12-15)31(13-16(36-19)8-10-20-29-22(33)38-30-20)39(34,35)17-6-4-5-14(11-17)24(25,26)27/h4-7,9,11-12,16H,8,10,13H2,1-3H3,(H,28,32)(H,29,30,33)/t16-/m0/s1. The van der Waals surface area contributed by atoms with Gasteiger partial charge in [-0.2, -0.15) is 13.2 Å². The number of sulfonamides is 1. The van der Waals surface area contributed by atoms with Crippen LogP contribution in [-0.4, -0.2) is 42.9 Å². The maximum absolute atomic E-state index is 13.7. The van der Waals surface area contributed by atoms with Crippen LogP contribution in [0, 0.1) is 0 Å². The third-order valence-corrected chi connectivity index (χ3v) is 7.25. The highest BCUT2D eigenvalue weighted by atomic mass is 32.2. The summed E-state index contributed by atoms with van der Waals surface area (Å²) in [7, 11) is -4.53. The number of amides is 1. The summed E-state index contributed by atoms with van der Waals surface area (Å²) in [5.41, 5.74) is -1.73. The maximum atomic E-state index is 13.7. The molecule has 11 nitrogen and oxygen atoms in total. The Kier molecular flexibility index (Phi) is 7.38. The summed E-state index contributed by atoms with van der Waals surface area (Å²) in [6.07, 6.45) is -5.94. The van der Waals surface area contributed by atoms with Crippen LogP contribution in [0.3, 0.4) is 0 Å². The lowest BCUT2D eigenvalue weighted by molar-refractivity contribution is -0.137. The van der Waals surface area contributed by atoms with Gasteiger partial charge in [-0.05, 0) is 63.6 Å². The topological polar surface area (TPSA) is 144 Å². The number of ether oxygens (including phenoxy) is 2. The van der Waals surface area contributed by atoms with Crippen LogP contribution in [0.4, 0.5) is 29.3 Å². The fourth-order valence-electron chi connectivity index (χ4n) is 3.82. The number of carbonyl (C=O) groups excluding carboxylic acids is 1. The van der Waals surface area contributed by atoms with Crippen LogP contribution in [0.1, 0.15) is 38.6 Å². The van der Waals surface area contributed by atoms with Gasteiger partial charge in [0.2, 0.25) is 0 Å². The van der Waals surface area contributed by atoms with E-state index in [2.05, 4.69) is 20.0 Å². The number of alkyl halides is 3. The van der Waals surface area contributed by atoms with Crippen molar-refractivity contribution in [1.82, 2.24) is 10.1 Å². The predicted octanol–water partition coefficient (Wildman–Crippen LogP) is 4.32. The minimum Gasteiger partial charge on any atom is -0.486 e. The van der Waals surface area contributed by atoms with Gasteiger partial charge in [0.15, 0.2) is 5.82 Å². The quantitative estimate of drug-likeness (QED) is 0.446. The Bertz CT molecular complexity index is 1530. The number of hydrogen-bond acceptors (Lipinski definition) is 8. The molecule has 1 aliphatic heterocycles. The first-order valence-corrected chi connectivity index (χ1v) is 13.1. The lowest BCUT2D eigenvalue weighted by Gasteiger charge is -2.36. The SMILES string of the molecule is CC(C)(C)OC(=O)Nc1ccc2c(c1)N(S(=O)(=O)c1cccc(C(F)(F)F)c1)C[C@H](CCc1noc(=O)[nH]1)O2. The lowest BCUT2D eigenvalue weighted by atomic mass is 10.1. The van der Waals surface area contributed by atoms with E-state index in [1.165, 1.54) is 18.2 Å². The van der Waals surface area contributed by atoms with Gasteiger partial charge in [-0.15, -0.1) is 0 Å². The van der Waals surface area contributed by atoms with E-state index in [-0.39, 0.29) is 42.3 Å². The summed E-state index contributed by atoms with van der Waals surface area (Å²) in [5, 5.41) is 6.08. The molecule has 1 amide bonds. The molecule has 1 aromatic heterocycles. The smallest absolute Gasteiger partial charge is 0.438 e. The molecule has 1 aliphatic rings. The van der Waals surface area contributed by atoms with Crippen LogP contribution in [0.15, 0.2) is 56.7 Å². The van der Waals surface area contributed by atoms with E-state index < -0.39 is 50.2 Å². The second-order valence-electron chi connectivity index (χ2n) is 9.69. The van der Waals surface area contributed by atoms with Crippen LogP contribution in [0.5, 0.6) is 5.75 Å². The second-order valence-corrected chi connectivity index (χ2v) is 11.6. The van der Waals surface area contributed by atoms with E-state index >= 15 is 0 Å². The van der Waals surface area contributed by atoms with Crippen LogP contribution in [0.2, 0.25) is 0 Å². The van der Waals surface area contributed by atoms with Crippen LogP contribution in [-0.2, 0) is 27.4 Å².